The molecule has 0 fully saturated rings. The summed E-state index contributed by atoms with van der Waals surface area (Å²) in [5.74, 6) is 0.196. The number of aromatic nitrogens is 16. The van der Waals surface area contributed by atoms with E-state index >= 15 is 0 Å². The average Bonchev–Trinajstić information content (AvgIpc) is 3.05. The van der Waals surface area contributed by atoms with Crippen LogP contribution in [-0.4, -0.2) is 117 Å². The quantitative estimate of drug-likeness (QED) is 0.0725. The predicted molar refractivity (Wildman–Crippen MR) is 175 cm³/mol. The van der Waals surface area contributed by atoms with Gasteiger partial charge in [-0.05, 0) is 0 Å². The van der Waals surface area contributed by atoms with Gasteiger partial charge in [0.2, 0.25) is 23.8 Å². The molecule has 8 aromatic heterocycles. The molecule has 0 saturated heterocycles. The van der Waals surface area contributed by atoms with Crippen LogP contribution in [0.25, 0.3) is 44.7 Å². The van der Waals surface area contributed by atoms with E-state index in [1.807, 2.05) is 0 Å². The number of hydrogen-bond acceptors (Lipinski definition) is 20. The van der Waals surface area contributed by atoms with Crippen LogP contribution in [-0.2, 0) is 0 Å². The topological polar surface area (TPSA) is 390 Å². The molecule has 8 rings (SSSR count). The van der Waals surface area contributed by atoms with Gasteiger partial charge in [-0.1, -0.05) is 0 Å². The number of fused-ring (bicyclic) bond motifs is 4. The van der Waals surface area contributed by atoms with E-state index in [9.17, 15) is 19.2 Å². The van der Waals surface area contributed by atoms with Gasteiger partial charge in [-0.2, -0.15) is 19.9 Å². The molecule has 0 spiro atoms. The maximum absolute atomic E-state index is 11.1. The first-order valence-corrected chi connectivity index (χ1v) is 12.9. The van der Waals surface area contributed by atoms with Gasteiger partial charge in [-0.25, -0.2) is 39.9 Å². The van der Waals surface area contributed by atoms with Crippen molar-refractivity contribution < 1.29 is 0 Å². The van der Waals surface area contributed by atoms with Gasteiger partial charge >= 0.3 is 37.7 Å². The number of aromatic amines is 4. The van der Waals surface area contributed by atoms with Gasteiger partial charge in [0.25, 0.3) is 22.2 Å². The normalized spacial score (nSPS) is 10.1. The smallest absolute Gasteiger partial charge is 0.369 e. The number of anilines is 4. The predicted octanol–water partition coefficient (Wildman–Crippen LogP) is -3.20. The molecule has 0 bridgehead atoms. The molecule has 0 amide bonds. The minimum atomic E-state index is -0.370. The van der Waals surface area contributed by atoms with Crippen LogP contribution in [0.5, 0.6) is 0 Å². The van der Waals surface area contributed by atoms with Crippen LogP contribution >= 0.6 is 0 Å². The molecule has 24 nitrogen and oxygen atoms in total. The maximum atomic E-state index is 11.1. The molecule has 12 N–H and O–H groups in total. The molecular weight excluding hydrogens is 672 g/mol. The van der Waals surface area contributed by atoms with Crippen molar-refractivity contribution in [3.8, 4) is 0 Å². The number of nitrogen functional groups attached to an aromatic ring is 4. The van der Waals surface area contributed by atoms with E-state index in [-0.39, 0.29) is 128 Å². The summed E-state index contributed by atoms with van der Waals surface area (Å²) in [6.07, 6.45) is 11.5. The van der Waals surface area contributed by atoms with Crippen molar-refractivity contribution in [2.75, 3.05) is 22.9 Å². The van der Waals surface area contributed by atoms with Gasteiger partial charge in [0, 0.05) is 49.6 Å². The minimum absolute atomic E-state index is 0. The Bertz CT molecular complexity index is 2280. The Balaban J connectivity index is 0.000000146. The first-order chi connectivity index (χ1) is 23.1. The summed E-state index contributed by atoms with van der Waals surface area (Å²) < 4.78 is 0. The molecular formula is C24H20CaN20O4+2. The minimum Gasteiger partial charge on any atom is -0.369 e. The van der Waals surface area contributed by atoms with Gasteiger partial charge in [0.05, 0.1) is 0 Å². The molecule has 0 aliphatic rings. The SMILES string of the molecule is Nc1nc2nccnc2c(=O)[nH]1.Nc1nc2nccnc2c(=O)[nH]1.Nc1nc2nccnc2c(=O)[nH]1.Nc1nc2nccnc2c(=O)[nH]1.[Ca+2]. The van der Waals surface area contributed by atoms with Gasteiger partial charge in [0.15, 0.2) is 44.7 Å². The van der Waals surface area contributed by atoms with Gasteiger partial charge < -0.3 is 22.9 Å². The number of nitrogens with two attached hydrogens (primary N) is 4. The van der Waals surface area contributed by atoms with E-state index in [1.165, 1.54) is 49.6 Å². The van der Waals surface area contributed by atoms with E-state index < -0.39 is 0 Å². The van der Waals surface area contributed by atoms with Crippen LogP contribution in [0.3, 0.4) is 0 Å². The summed E-state index contributed by atoms with van der Waals surface area (Å²) in [5.41, 5.74) is 21.5. The molecule has 0 radical (unpaired) electrons. The Morgan fingerprint density at radius 2 is 0.531 bits per heavy atom. The number of H-pyrrole nitrogens is 4. The molecule has 49 heavy (non-hydrogen) atoms. The zero-order chi connectivity index (χ0) is 34.2. The number of hydrogen-bond donors (Lipinski definition) is 8. The number of rotatable bonds is 0. The fraction of sp³-hybridized carbons (Fsp3) is 0. The fourth-order valence-corrected chi connectivity index (χ4v) is 3.56. The summed E-state index contributed by atoms with van der Waals surface area (Å²) in [7, 11) is 0. The second kappa shape index (κ2) is 15.8. The molecule has 0 unspecified atom stereocenters. The second-order valence-electron chi connectivity index (χ2n) is 8.72. The van der Waals surface area contributed by atoms with Gasteiger partial charge in [-0.3, -0.25) is 39.1 Å². The van der Waals surface area contributed by atoms with Crippen LogP contribution in [0, 0.1) is 0 Å². The summed E-state index contributed by atoms with van der Waals surface area (Å²) in [4.78, 5) is 99.4. The van der Waals surface area contributed by atoms with E-state index in [4.69, 9.17) is 22.9 Å². The van der Waals surface area contributed by atoms with Crippen molar-refractivity contribution in [2.45, 2.75) is 0 Å². The number of nitrogens with zero attached hydrogens (tertiary/aromatic N) is 12. The average molecular weight is 693 g/mol. The molecule has 240 valence electrons. The van der Waals surface area contributed by atoms with Crippen molar-refractivity contribution >= 4 is 106 Å². The van der Waals surface area contributed by atoms with Crippen molar-refractivity contribution in [1.29, 1.82) is 0 Å². The summed E-state index contributed by atoms with van der Waals surface area (Å²) in [6, 6.07) is 0. The fourth-order valence-electron chi connectivity index (χ4n) is 3.56. The van der Waals surface area contributed by atoms with Crippen LogP contribution in [0.15, 0.2) is 68.8 Å². The van der Waals surface area contributed by atoms with Crippen molar-refractivity contribution in [3.63, 3.8) is 0 Å². The van der Waals surface area contributed by atoms with Crippen LogP contribution in [0.4, 0.5) is 23.8 Å². The van der Waals surface area contributed by atoms with Crippen molar-refractivity contribution in [3.05, 3.63) is 91.0 Å². The third-order valence-corrected chi connectivity index (χ3v) is 5.45. The van der Waals surface area contributed by atoms with Crippen LogP contribution < -0.4 is 45.2 Å². The van der Waals surface area contributed by atoms with Crippen molar-refractivity contribution in [1.82, 2.24) is 79.7 Å². The monoisotopic (exact) mass is 692 g/mol. The summed E-state index contributed by atoms with van der Waals surface area (Å²) >= 11 is 0. The standard InChI is InChI=1S/4C6H5N5O.Ca/c4*7-6-10-4-3(5(12)11-6)8-1-2-9-4;/h4*1-2H,(H3,7,9,10,11,12);/q;;;;+2. The first-order valence-electron chi connectivity index (χ1n) is 12.9. The largest absolute Gasteiger partial charge is 2.00 e. The molecule has 0 atom stereocenters. The molecule has 25 heteroatoms. The Kier molecular flexibility index (Phi) is 11.3. The van der Waals surface area contributed by atoms with E-state index in [0.29, 0.717) is 0 Å². The zero-order valence-corrected chi connectivity index (χ0v) is 26.8. The van der Waals surface area contributed by atoms with Crippen LogP contribution in [0.2, 0.25) is 0 Å². The number of nitrogens with one attached hydrogen (secondary N) is 4. The summed E-state index contributed by atoms with van der Waals surface area (Å²) in [5, 5.41) is 0. The Morgan fingerprint density at radius 1 is 0.347 bits per heavy atom. The maximum Gasteiger partial charge on any atom is 2.00 e. The zero-order valence-electron chi connectivity index (χ0n) is 24.6. The van der Waals surface area contributed by atoms with Crippen molar-refractivity contribution in [2.24, 2.45) is 0 Å². The third kappa shape index (κ3) is 8.78. The molecule has 0 aromatic carbocycles. The first kappa shape index (κ1) is 35.2. The van der Waals surface area contributed by atoms with E-state index in [1.54, 1.807) is 0 Å². The molecule has 0 saturated carbocycles. The van der Waals surface area contributed by atoms with E-state index in [0.717, 1.165) is 0 Å². The molecule has 0 aliphatic heterocycles. The summed E-state index contributed by atoms with van der Waals surface area (Å²) in [6.45, 7) is 0. The van der Waals surface area contributed by atoms with Crippen LogP contribution in [0.1, 0.15) is 0 Å². The second-order valence-corrected chi connectivity index (χ2v) is 8.72. The van der Waals surface area contributed by atoms with Gasteiger partial charge in [-0.15, -0.1) is 0 Å². The molecule has 8 heterocycles. The Labute approximate surface area is 298 Å². The molecule has 0 aliphatic carbocycles. The molecule has 8 aromatic rings. The Morgan fingerprint density at radius 3 is 0.735 bits per heavy atom. The van der Waals surface area contributed by atoms with E-state index in [2.05, 4.69) is 79.7 Å². The Hall–Kier alpha value is -6.66. The third-order valence-electron chi connectivity index (χ3n) is 5.45. The van der Waals surface area contributed by atoms with Gasteiger partial charge in [0.1, 0.15) is 0 Å².